The number of nitrogens with zero attached hydrogens (tertiary/aromatic N) is 1. The molecule has 7 nitrogen and oxygen atoms in total. The highest BCUT2D eigenvalue weighted by atomic mass is 16.6. The van der Waals surface area contributed by atoms with E-state index >= 15 is 0 Å². The Bertz CT molecular complexity index is 1010. The molecule has 26 heavy (non-hydrogen) atoms. The van der Waals surface area contributed by atoms with Crippen molar-refractivity contribution < 1.29 is 18.9 Å². The van der Waals surface area contributed by atoms with Gasteiger partial charge in [0.1, 0.15) is 17.0 Å². The fraction of sp³-hybridized carbons (Fsp3) is 0.211. The molecule has 0 aliphatic rings. The maximum absolute atomic E-state index is 12.6. The molecule has 1 N–H and O–H groups in total. The summed E-state index contributed by atoms with van der Waals surface area (Å²) in [6, 6.07) is 9.93. The number of fused-ring (bicyclic) bond motifs is 1. The molecule has 0 spiro atoms. The van der Waals surface area contributed by atoms with Crippen molar-refractivity contribution >= 4 is 28.3 Å². The van der Waals surface area contributed by atoms with E-state index in [4.69, 9.17) is 9.15 Å². The van der Waals surface area contributed by atoms with E-state index in [0.717, 1.165) is 10.9 Å². The van der Waals surface area contributed by atoms with Gasteiger partial charge in [0.2, 0.25) is 0 Å². The third-order valence-corrected chi connectivity index (χ3v) is 4.02. The van der Waals surface area contributed by atoms with Crippen LogP contribution in [-0.2, 0) is 0 Å². The first-order valence-electron chi connectivity index (χ1n) is 8.13. The van der Waals surface area contributed by atoms with Gasteiger partial charge in [0.05, 0.1) is 17.6 Å². The van der Waals surface area contributed by atoms with Crippen molar-refractivity contribution in [1.29, 1.82) is 0 Å². The number of aryl methyl sites for hydroxylation is 2. The van der Waals surface area contributed by atoms with Gasteiger partial charge in [-0.15, -0.1) is 0 Å². The molecule has 0 radical (unpaired) electrons. The summed E-state index contributed by atoms with van der Waals surface area (Å²) in [5.41, 5.74) is 2.18. The van der Waals surface area contributed by atoms with Crippen molar-refractivity contribution in [3.63, 3.8) is 0 Å². The maximum atomic E-state index is 12.6. The van der Waals surface area contributed by atoms with Crippen LogP contribution in [0.2, 0.25) is 0 Å². The minimum absolute atomic E-state index is 0.0829. The van der Waals surface area contributed by atoms with Crippen LogP contribution in [0.5, 0.6) is 5.75 Å². The molecule has 2 aromatic carbocycles. The lowest BCUT2D eigenvalue weighted by Crippen LogP contribution is -2.13. The number of nitro groups is 1. The molecule has 0 fully saturated rings. The zero-order chi connectivity index (χ0) is 18.8. The van der Waals surface area contributed by atoms with E-state index in [-0.39, 0.29) is 17.1 Å². The summed E-state index contributed by atoms with van der Waals surface area (Å²) in [5, 5.41) is 14.7. The number of rotatable bonds is 5. The lowest BCUT2D eigenvalue weighted by atomic mass is 10.1. The van der Waals surface area contributed by atoms with Gasteiger partial charge in [0.25, 0.3) is 11.6 Å². The predicted molar refractivity (Wildman–Crippen MR) is 97.9 cm³/mol. The van der Waals surface area contributed by atoms with Gasteiger partial charge in [0, 0.05) is 10.9 Å². The van der Waals surface area contributed by atoms with Crippen LogP contribution in [0.1, 0.15) is 28.6 Å². The Morgan fingerprint density at radius 1 is 1.23 bits per heavy atom. The second kappa shape index (κ2) is 6.87. The molecule has 1 amide bonds. The molecule has 0 saturated heterocycles. The molecule has 0 bridgehead atoms. The number of hydrogen-bond donors (Lipinski definition) is 1. The van der Waals surface area contributed by atoms with Crippen LogP contribution in [0.25, 0.3) is 11.0 Å². The molecule has 3 rings (SSSR count). The summed E-state index contributed by atoms with van der Waals surface area (Å²) in [6.07, 6.45) is 0. The van der Waals surface area contributed by atoms with E-state index < -0.39 is 10.8 Å². The average Bonchev–Trinajstić information content (AvgIpc) is 2.93. The van der Waals surface area contributed by atoms with Crippen molar-refractivity contribution in [3.8, 4) is 5.75 Å². The van der Waals surface area contributed by atoms with Gasteiger partial charge in [0.15, 0.2) is 5.76 Å². The van der Waals surface area contributed by atoms with E-state index in [2.05, 4.69) is 5.32 Å². The molecular formula is C19H18N2O5. The lowest BCUT2D eigenvalue weighted by Gasteiger charge is -2.07. The van der Waals surface area contributed by atoms with Crippen LogP contribution in [0, 0.1) is 24.0 Å². The van der Waals surface area contributed by atoms with Gasteiger partial charge < -0.3 is 14.5 Å². The number of ether oxygens (including phenoxy) is 1. The standard InChI is InChI=1S/C19H18N2O5/c1-4-25-13-6-7-15(16(10-13)21(23)24)20-19(22)18-12(3)14-9-11(2)5-8-17(14)26-18/h5-10H,4H2,1-3H3,(H,20,22). The number of benzene rings is 2. The van der Waals surface area contributed by atoms with Crippen molar-refractivity contribution in [2.24, 2.45) is 0 Å². The van der Waals surface area contributed by atoms with Crippen molar-refractivity contribution in [3.05, 3.63) is 63.4 Å². The van der Waals surface area contributed by atoms with E-state index in [0.29, 0.717) is 23.5 Å². The van der Waals surface area contributed by atoms with Crippen LogP contribution >= 0.6 is 0 Å². The van der Waals surface area contributed by atoms with E-state index in [1.165, 1.54) is 12.1 Å². The highest BCUT2D eigenvalue weighted by molar-refractivity contribution is 6.07. The van der Waals surface area contributed by atoms with E-state index in [1.807, 2.05) is 19.1 Å². The molecule has 0 saturated carbocycles. The molecule has 3 aromatic rings. The number of nitrogens with one attached hydrogen (secondary N) is 1. The minimum atomic E-state index is -0.563. The molecule has 0 aliphatic heterocycles. The van der Waals surface area contributed by atoms with Crippen LogP contribution < -0.4 is 10.1 Å². The number of nitro benzene ring substituents is 1. The largest absolute Gasteiger partial charge is 0.494 e. The monoisotopic (exact) mass is 354 g/mol. The summed E-state index contributed by atoms with van der Waals surface area (Å²) in [7, 11) is 0. The fourth-order valence-corrected chi connectivity index (χ4v) is 2.76. The first-order valence-corrected chi connectivity index (χ1v) is 8.13. The summed E-state index contributed by atoms with van der Waals surface area (Å²) < 4.78 is 10.9. The van der Waals surface area contributed by atoms with Gasteiger partial charge in [-0.05, 0) is 45.0 Å². The molecule has 7 heteroatoms. The van der Waals surface area contributed by atoms with Gasteiger partial charge in [-0.25, -0.2) is 0 Å². The molecule has 0 atom stereocenters. The van der Waals surface area contributed by atoms with Crippen LogP contribution in [-0.4, -0.2) is 17.4 Å². The van der Waals surface area contributed by atoms with Crippen LogP contribution in [0.4, 0.5) is 11.4 Å². The summed E-state index contributed by atoms with van der Waals surface area (Å²) in [4.78, 5) is 23.4. The van der Waals surface area contributed by atoms with Gasteiger partial charge in [-0.1, -0.05) is 11.6 Å². The molecule has 134 valence electrons. The SMILES string of the molecule is CCOc1ccc(NC(=O)c2oc3ccc(C)cc3c2C)c([N+](=O)[O-])c1. The number of anilines is 1. The van der Waals surface area contributed by atoms with E-state index in [9.17, 15) is 14.9 Å². The Labute approximate surface area is 149 Å². The zero-order valence-corrected chi connectivity index (χ0v) is 14.7. The Kier molecular flexibility index (Phi) is 4.62. The Hall–Kier alpha value is -3.35. The third kappa shape index (κ3) is 3.23. The second-order valence-corrected chi connectivity index (χ2v) is 5.88. The Morgan fingerprint density at radius 2 is 2.00 bits per heavy atom. The van der Waals surface area contributed by atoms with Gasteiger partial charge in [-0.3, -0.25) is 14.9 Å². The summed E-state index contributed by atoms with van der Waals surface area (Å²) in [6.45, 7) is 5.91. The second-order valence-electron chi connectivity index (χ2n) is 5.88. The normalized spacial score (nSPS) is 10.7. The number of carbonyl (C=O) groups excluding carboxylic acids is 1. The van der Waals surface area contributed by atoms with Gasteiger partial charge in [-0.2, -0.15) is 0 Å². The van der Waals surface area contributed by atoms with Crippen LogP contribution in [0.3, 0.4) is 0 Å². The summed E-state index contributed by atoms with van der Waals surface area (Å²) in [5.74, 6) is -0.0370. The number of furan rings is 1. The topological polar surface area (TPSA) is 94.6 Å². The van der Waals surface area contributed by atoms with Crippen molar-refractivity contribution in [2.45, 2.75) is 20.8 Å². The smallest absolute Gasteiger partial charge is 0.296 e. The maximum Gasteiger partial charge on any atom is 0.296 e. The van der Waals surface area contributed by atoms with Crippen molar-refractivity contribution in [2.75, 3.05) is 11.9 Å². The van der Waals surface area contributed by atoms with Crippen molar-refractivity contribution in [1.82, 2.24) is 0 Å². The molecule has 0 aliphatic carbocycles. The van der Waals surface area contributed by atoms with E-state index in [1.54, 1.807) is 26.0 Å². The van der Waals surface area contributed by atoms with Gasteiger partial charge >= 0.3 is 0 Å². The third-order valence-electron chi connectivity index (χ3n) is 4.02. The average molecular weight is 354 g/mol. The number of amides is 1. The highest BCUT2D eigenvalue weighted by Crippen LogP contribution is 2.31. The first-order chi connectivity index (χ1) is 12.4. The number of carbonyl (C=O) groups is 1. The molecule has 1 heterocycles. The Morgan fingerprint density at radius 3 is 2.69 bits per heavy atom. The highest BCUT2D eigenvalue weighted by Gasteiger charge is 2.22. The molecule has 0 unspecified atom stereocenters. The first kappa shape index (κ1) is 17.5. The Balaban J connectivity index is 1.95. The van der Waals surface area contributed by atoms with Crippen LogP contribution in [0.15, 0.2) is 40.8 Å². The summed E-state index contributed by atoms with van der Waals surface area (Å²) >= 11 is 0. The number of hydrogen-bond acceptors (Lipinski definition) is 5. The lowest BCUT2D eigenvalue weighted by molar-refractivity contribution is -0.384. The predicted octanol–water partition coefficient (Wildman–Crippen LogP) is 4.61. The molecule has 1 aromatic heterocycles. The quantitative estimate of drug-likeness (QED) is 0.533. The minimum Gasteiger partial charge on any atom is -0.494 e. The molecular weight excluding hydrogens is 336 g/mol. The fourth-order valence-electron chi connectivity index (χ4n) is 2.76. The zero-order valence-electron chi connectivity index (χ0n) is 14.7.